The Morgan fingerprint density at radius 2 is 2.06 bits per heavy atom. The molecule has 96 valence electrons. The number of Topliss-reactive ketones (excluding diaryl/α,β-unsaturated/α-hetero) is 1. The zero-order valence-electron chi connectivity index (χ0n) is 9.61. The van der Waals surface area contributed by atoms with Crippen LogP contribution in [0.15, 0.2) is 24.3 Å². The van der Waals surface area contributed by atoms with Crippen molar-refractivity contribution in [3.8, 4) is 0 Å². The van der Waals surface area contributed by atoms with Crippen LogP contribution in [-0.4, -0.2) is 27.3 Å². The van der Waals surface area contributed by atoms with Gasteiger partial charge in [0.1, 0.15) is 5.78 Å². The van der Waals surface area contributed by atoms with Gasteiger partial charge in [-0.05, 0) is 17.7 Å². The fourth-order valence-electron chi connectivity index (χ4n) is 1.95. The van der Waals surface area contributed by atoms with Gasteiger partial charge in [0, 0.05) is 30.1 Å². The van der Waals surface area contributed by atoms with Crippen LogP contribution in [-0.2, 0) is 4.79 Å². The zero-order valence-corrected chi connectivity index (χ0v) is 10.4. The molecule has 0 radical (unpaired) electrons. The van der Waals surface area contributed by atoms with Crippen LogP contribution in [0.2, 0.25) is 0 Å². The lowest BCUT2D eigenvalue weighted by Gasteiger charge is -2.25. The number of nitro benzene ring substituents is 1. The molecule has 2 atom stereocenters. The first-order valence-electron chi connectivity index (χ1n) is 5.62. The molecule has 6 heteroatoms. The van der Waals surface area contributed by atoms with Gasteiger partial charge in [-0.2, -0.15) is 11.8 Å². The van der Waals surface area contributed by atoms with Crippen LogP contribution >= 0.6 is 11.8 Å². The molecule has 0 aliphatic carbocycles. The summed E-state index contributed by atoms with van der Waals surface area (Å²) in [7, 11) is 0. The molecule has 0 unspecified atom stereocenters. The number of benzene rings is 1. The molecule has 1 aliphatic heterocycles. The van der Waals surface area contributed by atoms with Crippen LogP contribution in [0.25, 0.3) is 0 Å². The Balaban J connectivity index is 2.15. The summed E-state index contributed by atoms with van der Waals surface area (Å²) in [6.07, 6.45) is -0.384. The van der Waals surface area contributed by atoms with Gasteiger partial charge in [0.15, 0.2) is 0 Å². The minimum Gasteiger partial charge on any atom is -0.388 e. The summed E-state index contributed by atoms with van der Waals surface area (Å²) >= 11 is 1.65. The van der Waals surface area contributed by atoms with E-state index in [1.165, 1.54) is 24.3 Å². The number of hydrogen-bond donors (Lipinski definition) is 1. The molecule has 0 spiro atoms. The van der Waals surface area contributed by atoms with E-state index in [-0.39, 0.29) is 11.5 Å². The number of aliphatic hydroxyl groups excluding tert-OH is 1. The number of hydrogen-bond acceptors (Lipinski definition) is 5. The lowest BCUT2D eigenvalue weighted by atomic mass is 9.92. The van der Waals surface area contributed by atoms with Crippen LogP contribution in [0.4, 0.5) is 5.69 Å². The molecule has 0 saturated carbocycles. The van der Waals surface area contributed by atoms with Crippen molar-refractivity contribution >= 4 is 23.2 Å². The second kappa shape index (κ2) is 5.49. The number of aliphatic hydroxyl groups is 1. The molecule has 5 nitrogen and oxygen atoms in total. The Labute approximate surface area is 108 Å². The fourth-order valence-corrected chi connectivity index (χ4v) is 3.09. The largest absolute Gasteiger partial charge is 0.388 e. The summed E-state index contributed by atoms with van der Waals surface area (Å²) in [5.74, 6) is 1.09. The average Bonchev–Trinajstić information content (AvgIpc) is 2.38. The van der Waals surface area contributed by atoms with E-state index in [1.807, 2.05) is 0 Å². The second-order valence-corrected chi connectivity index (χ2v) is 5.34. The van der Waals surface area contributed by atoms with Gasteiger partial charge in [0.05, 0.1) is 16.9 Å². The molecule has 1 fully saturated rings. The molecule has 2 rings (SSSR count). The number of nitrogens with zero attached hydrogens (tertiary/aromatic N) is 1. The molecule has 0 bridgehead atoms. The number of carbonyl (C=O) groups excluding carboxylic acids is 1. The topological polar surface area (TPSA) is 80.4 Å². The highest BCUT2D eigenvalue weighted by Crippen LogP contribution is 2.31. The summed E-state index contributed by atoms with van der Waals surface area (Å²) in [5, 5.41) is 20.7. The van der Waals surface area contributed by atoms with E-state index in [0.29, 0.717) is 17.7 Å². The first-order chi connectivity index (χ1) is 8.59. The number of thioether (sulfide) groups is 1. The van der Waals surface area contributed by atoms with Crippen LogP contribution in [0.3, 0.4) is 0 Å². The second-order valence-electron chi connectivity index (χ2n) is 4.19. The van der Waals surface area contributed by atoms with Crippen LogP contribution in [0.5, 0.6) is 0 Å². The maximum atomic E-state index is 11.7. The van der Waals surface area contributed by atoms with Crippen LogP contribution in [0, 0.1) is 16.0 Å². The molecule has 1 heterocycles. The fraction of sp³-hybridized carbons (Fsp3) is 0.417. The predicted octanol–water partition coefficient (Wildman–Crippen LogP) is 1.95. The summed E-state index contributed by atoms with van der Waals surface area (Å²) < 4.78 is 0. The molecule has 0 amide bonds. The van der Waals surface area contributed by atoms with Crippen molar-refractivity contribution < 1.29 is 14.8 Å². The minimum atomic E-state index is -0.869. The van der Waals surface area contributed by atoms with Crippen molar-refractivity contribution in [2.75, 3.05) is 11.5 Å². The van der Waals surface area contributed by atoms with Gasteiger partial charge >= 0.3 is 0 Å². The molecule has 18 heavy (non-hydrogen) atoms. The van der Waals surface area contributed by atoms with Crippen molar-refractivity contribution in [2.24, 2.45) is 5.92 Å². The lowest BCUT2D eigenvalue weighted by Crippen LogP contribution is -2.28. The molecule has 1 N–H and O–H groups in total. The number of rotatable bonds is 3. The highest BCUT2D eigenvalue weighted by Gasteiger charge is 2.30. The maximum Gasteiger partial charge on any atom is 0.269 e. The van der Waals surface area contributed by atoms with Crippen molar-refractivity contribution in [2.45, 2.75) is 12.5 Å². The molecule has 0 aromatic heterocycles. The molecule has 1 aromatic carbocycles. The molecule has 1 aromatic rings. The minimum absolute atomic E-state index is 0.0182. The SMILES string of the molecule is O=C1CCSC[C@H]1[C@H](O)c1ccc([N+](=O)[O-])cc1. The summed E-state index contributed by atoms with van der Waals surface area (Å²) in [4.78, 5) is 21.7. The van der Waals surface area contributed by atoms with Crippen molar-refractivity contribution in [3.63, 3.8) is 0 Å². The van der Waals surface area contributed by atoms with E-state index < -0.39 is 16.9 Å². The molecular formula is C12H13NO4S. The molecule has 1 aliphatic rings. The normalized spacial score (nSPS) is 21.6. The van der Waals surface area contributed by atoms with Gasteiger partial charge in [-0.15, -0.1) is 0 Å². The Bertz CT molecular complexity index is 460. The third-order valence-electron chi connectivity index (χ3n) is 3.03. The summed E-state index contributed by atoms with van der Waals surface area (Å²) in [5.41, 5.74) is 0.539. The lowest BCUT2D eigenvalue weighted by molar-refractivity contribution is -0.384. The summed E-state index contributed by atoms with van der Waals surface area (Å²) in [6.45, 7) is 0. The van der Waals surface area contributed by atoms with Gasteiger partial charge in [0.2, 0.25) is 0 Å². The van der Waals surface area contributed by atoms with Gasteiger partial charge in [0.25, 0.3) is 5.69 Å². The van der Waals surface area contributed by atoms with E-state index in [2.05, 4.69) is 0 Å². The van der Waals surface area contributed by atoms with E-state index in [9.17, 15) is 20.0 Å². The van der Waals surface area contributed by atoms with Gasteiger partial charge in [-0.3, -0.25) is 14.9 Å². The maximum absolute atomic E-state index is 11.7. The van der Waals surface area contributed by atoms with Crippen LogP contribution in [0.1, 0.15) is 18.1 Å². The zero-order chi connectivity index (χ0) is 13.1. The predicted molar refractivity (Wildman–Crippen MR) is 68.5 cm³/mol. The van der Waals surface area contributed by atoms with E-state index >= 15 is 0 Å². The number of non-ortho nitro benzene ring substituents is 1. The van der Waals surface area contributed by atoms with E-state index in [0.717, 1.165) is 5.75 Å². The quantitative estimate of drug-likeness (QED) is 0.668. The smallest absolute Gasteiger partial charge is 0.269 e. The summed E-state index contributed by atoms with van der Waals surface area (Å²) in [6, 6.07) is 5.71. The van der Waals surface area contributed by atoms with Crippen molar-refractivity contribution in [3.05, 3.63) is 39.9 Å². The Kier molecular flexibility index (Phi) is 3.98. The first-order valence-corrected chi connectivity index (χ1v) is 6.78. The Morgan fingerprint density at radius 3 is 2.61 bits per heavy atom. The van der Waals surface area contributed by atoms with Gasteiger partial charge in [-0.25, -0.2) is 0 Å². The van der Waals surface area contributed by atoms with Crippen molar-refractivity contribution in [1.82, 2.24) is 0 Å². The van der Waals surface area contributed by atoms with Crippen molar-refractivity contribution in [1.29, 1.82) is 0 Å². The van der Waals surface area contributed by atoms with Gasteiger partial charge in [-0.1, -0.05) is 0 Å². The van der Waals surface area contributed by atoms with E-state index in [4.69, 9.17) is 0 Å². The molecule has 1 saturated heterocycles. The Morgan fingerprint density at radius 1 is 1.39 bits per heavy atom. The number of ketones is 1. The molecular weight excluding hydrogens is 254 g/mol. The Hall–Kier alpha value is -1.40. The van der Waals surface area contributed by atoms with Gasteiger partial charge < -0.3 is 5.11 Å². The third kappa shape index (κ3) is 2.70. The first kappa shape index (κ1) is 13.0. The highest BCUT2D eigenvalue weighted by atomic mass is 32.2. The number of carbonyl (C=O) groups is 1. The highest BCUT2D eigenvalue weighted by molar-refractivity contribution is 7.99. The third-order valence-corrected chi connectivity index (χ3v) is 4.12. The number of nitro groups is 1. The standard InChI is InChI=1S/C12H13NO4S/c14-11-5-6-18-7-10(11)12(15)8-1-3-9(4-2-8)13(16)17/h1-4,10,12,15H,5-7H2/t10-,12-/m1/s1. The monoisotopic (exact) mass is 267 g/mol. The average molecular weight is 267 g/mol. The van der Waals surface area contributed by atoms with E-state index in [1.54, 1.807) is 11.8 Å². The van der Waals surface area contributed by atoms with Crippen LogP contribution < -0.4 is 0 Å².